The van der Waals surface area contributed by atoms with Crippen LogP contribution in [0.5, 0.6) is 0 Å². The number of hydrogen-bond donors (Lipinski definition) is 0. The zero-order valence-electron chi connectivity index (χ0n) is 12.0. The molecule has 2 aromatic carbocycles. The Hall–Kier alpha value is -1.22. The summed E-state index contributed by atoms with van der Waals surface area (Å²) < 4.78 is 5.18. The topological polar surface area (TPSA) is 26.3 Å². The summed E-state index contributed by atoms with van der Waals surface area (Å²) in [5.74, 6) is -0.785. The van der Waals surface area contributed by atoms with Crippen molar-refractivity contribution in [2.45, 2.75) is 19.3 Å². The lowest BCUT2D eigenvalue weighted by molar-refractivity contribution is -0.144. The maximum Gasteiger partial charge on any atom is 0.313 e. The maximum absolute atomic E-state index is 12.3. The quantitative estimate of drug-likeness (QED) is 0.657. The van der Waals surface area contributed by atoms with E-state index in [0.717, 1.165) is 5.56 Å². The molecule has 22 heavy (non-hydrogen) atoms. The van der Waals surface area contributed by atoms with Crippen molar-refractivity contribution >= 4 is 40.8 Å². The second-order valence-electron chi connectivity index (χ2n) is 4.80. The normalized spacial score (nSPS) is 12.0. The minimum atomic E-state index is -0.481. The van der Waals surface area contributed by atoms with Gasteiger partial charge in [-0.25, -0.2) is 0 Å². The Kier molecular flexibility index (Phi) is 6.13. The third-order valence-electron chi connectivity index (χ3n) is 3.26. The van der Waals surface area contributed by atoms with Gasteiger partial charge in [0.1, 0.15) is 0 Å². The average Bonchev–Trinajstić information content (AvgIpc) is 2.48. The Balaban J connectivity index is 2.33. The van der Waals surface area contributed by atoms with Gasteiger partial charge in [-0.2, -0.15) is 0 Å². The molecule has 0 unspecified atom stereocenters. The zero-order chi connectivity index (χ0) is 16.1. The predicted molar refractivity (Wildman–Crippen MR) is 91.0 cm³/mol. The molecule has 2 aromatic rings. The van der Waals surface area contributed by atoms with E-state index in [9.17, 15) is 4.79 Å². The Labute approximate surface area is 144 Å². The minimum absolute atomic E-state index is 0.304. The van der Waals surface area contributed by atoms with E-state index in [1.807, 2.05) is 12.1 Å². The molecular formula is C17H15Cl3O2. The van der Waals surface area contributed by atoms with Gasteiger partial charge in [0, 0.05) is 15.1 Å². The molecule has 2 nitrogen and oxygen atoms in total. The van der Waals surface area contributed by atoms with E-state index in [4.69, 9.17) is 39.5 Å². The third-order valence-corrected chi connectivity index (χ3v) is 4.08. The SMILES string of the molecule is CCOC(=O)[C@@H](Cc1ccc(Cl)cc1)c1ccc(Cl)cc1Cl. The molecule has 0 spiro atoms. The highest BCUT2D eigenvalue weighted by atomic mass is 35.5. The van der Waals surface area contributed by atoms with E-state index in [1.54, 1.807) is 37.3 Å². The number of carbonyl (C=O) groups excluding carboxylic acids is 1. The third kappa shape index (κ3) is 4.39. The van der Waals surface area contributed by atoms with Gasteiger partial charge >= 0.3 is 5.97 Å². The molecule has 0 heterocycles. The molecule has 0 aromatic heterocycles. The van der Waals surface area contributed by atoms with Gasteiger partial charge in [-0.3, -0.25) is 4.79 Å². The van der Waals surface area contributed by atoms with Crippen LogP contribution in [-0.2, 0) is 16.0 Å². The number of esters is 1. The molecule has 0 bridgehead atoms. The van der Waals surface area contributed by atoms with Crippen LogP contribution in [0.2, 0.25) is 15.1 Å². The van der Waals surface area contributed by atoms with Crippen molar-refractivity contribution in [3.8, 4) is 0 Å². The fourth-order valence-corrected chi connectivity index (χ4v) is 2.87. The summed E-state index contributed by atoms with van der Waals surface area (Å²) in [5, 5.41) is 1.64. The van der Waals surface area contributed by atoms with Crippen molar-refractivity contribution in [1.82, 2.24) is 0 Å². The second kappa shape index (κ2) is 7.87. The molecule has 1 atom stereocenters. The average molecular weight is 358 g/mol. The number of halogens is 3. The molecular weight excluding hydrogens is 343 g/mol. The Morgan fingerprint density at radius 3 is 2.27 bits per heavy atom. The van der Waals surface area contributed by atoms with Crippen molar-refractivity contribution in [2.75, 3.05) is 6.61 Å². The van der Waals surface area contributed by atoms with E-state index in [1.165, 1.54) is 0 Å². The molecule has 0 saturated heterocycles. The van der Waals surface area contributed by atoms with Gasteiger partial charge in [-0.1, -0.05) is 53.0 Å². The molecule has 0 aliphatic heterocycles. The molecule has 0 saturated carbocycles. The summed E-state index contributed by atoms with van der Waals surface area (Å²) in [5.41, 5.74) is 1.69. The van der Waals surface area contributed by atoms with Crippen molar-refractivity contribution in [3.63, 3.8) is 0 Å². The lowest BCUT2D eigenvalue weighted by Gasteiger charge is -2.17. The first kappa shape index (κ1) is 17.1. The number of rotatable bonds is 5. The minimum Gasteiger partial charge on any atom is -0.466 e. The summed E-state index contributed by atoms with van der Waals surface area (Å²) in [6.45, 7) is 2.10. The van der Waals surface area contributed by atoms with Crippen LogP contribution in [-0.4, -0.2) is 12.6 Å². The van der Waals surface area contributed by atoms with E-state index in [0.29, 0.717) is 33.7 Å². The Morgan fingerprint density at radius 2 is 1.68 bits per heavy atom. The molecule has 116 valence electrons. The lowest BCUT2D eigenvalue weighted by Crippen LogP contribution is -2.18. The molecule has 0 fully saturated rings. The Morgan fingerprint density at radius 1 is 1.05 bits per heavy atom. The van der Waals surface area contributed by atoms with E-state index in [2.05, 4.69) is 0 Å². The highest BCUT2D eigenvalue weighted by Crippen LogP contribution is 2.31. The van der Waals surface area contributed by atoms with Crippen LogP contribution in [0.3, 0.4) is 0 Å². The zero-order valence-corrected chi connectivity index (χ0v) is 14.3. The highest BCUT2D eigenvalue weighted by Gasteiger charge is 2.24. The summed E-state index contributed by atoms with van der Waals surface area (Å²) in [4.78, 5) is 12.3. The number of carbonyl (C=O) groups is 1. The van der Waals surface area contributed by atoms with Gasteiger partial charge in [-0.15, -0.1) is 0 Å². The predicted octanol–water partition coefficient (Wildman–Crippen LogP) is 5.54. The number of ether oxygens (including phenoxy) is 1. The van der Waals surface area contributed by atoms with Crippen LogP contribution >= 0.6 is 34.8 Å². The van der Waals surface area contributed by atoms with Crippen LogP contribution in [0.15, 0.2) is 42.5 Å². The molecule has 2 rings (SSSR count). The number of hydrogen-bond acceptors (Lipinski definition) is 2. The molecule has 0 aliphatic rings. The first-order valence-corrected chi connectivity index (χ1v) is 8.00. The monoisotopic (exact) mass is 356 g/mol. The summed E-state index contributed by atoms with van der Waals surface area (Å²) in [6, 6.07) is 12.5. The molecule has 0 radical (unpaired) electrons. The first-order valence-electron chi connectivity index (χ1n) is 6.87. The van der Waals surface area contributed by atoms with Gasteiger partial charge in [0.05, 0.1) is 12.5 Å². The standard InChI is InChI=1S/C17H15Cl3O2/c1-2-22-17(21)15(9-11-3-5-12(18)6-4-11)14-8-7-13(19)10-16(14)20/h3-8,10,15H,2,9H2,1H3/t15-/m0/s1. The van der Waals surface area contributed by atoms with Gasteiger partial charge < -0.3 is 4.74 Å². The summed E-state index contributed by atoms with van der Waals surface area (Å²) in [6.07, 6.45) is 0.483. The van der Waals surface area contributed by atoms with Gasteiger partial charge in [0.25, 0.3) is 0 Å². The van der Waals surface area contributed by atoms with Crippen LogP contribution in [0.1, 0.15) is 24.0 Å². The van der Waals surface area contributed by atoms with E-state index in [-0.39, 0.29) is 5.97 Å². The molecule has 0 aliphatic carbocycles. The Bertz CT molecular complexity index is 653. The van der Waals surface area contributed by atoms with Crippen molar-refractivity contribution in [1.29, 1.82) is 0 Å². The lowest BCUT2D eigenvalue weighted by atomic mass is 9.92. The largest absolute Gasteiger partial charge is 0.466 e. The fourth-order valence-electron chi connectivity index (χ4n) is 2.20. The number of benzene rings is 2. The summed E-state index contributed by atoms with van der Waals surface area (Å²) in [7, 11) is 0. The van der Waals surface area contributed by atoms with Crippen molar-refractivity contribution < 1.29 is 9.53 Å². The van der Waals surface area contributed by atoms with Gasteiger partial charge in [0.2, 0.25) is 0 Å². The van der Waals surface area contributed by atoms with Crippen LogP contribution in [0.25, 0.3) is 0 Å². The first-order chi connectivity index (χ1) is 10.5. The van der Waals surface area contributed by atoms with E-state index < -0.39 is 5.92 Å². The van der Waals surface area contributed by atoms with Gasteiger partial charge in [-0.05, 0) is 48.7 Å². The molecule has 5 heteroatoms. The van der Waals surface area contributed by atoms with Crippen LogP contribution in [0, 0.1) is 0 Å². The van der Waals surface area contributed by atoms with Crippen LogP contribution in [0.4, 0.5) is 0 Å². The molecule has 0 amide bonds. The smallest absolute Gasteiger partial charge is 0.313 e. The maximum atomic E-state index is 12.3. The van der Waals surface area contributed by atoms with E-state index >= 15 is 0 Å². The highest BCUT2D eigenvalue weighted by molar-refractivity contribution is 6.35. The van der Waals surface area contributed by atoms with Crippen molar-refractivity contribution in [3.05, 3.63) is 68.7 Å². The summed E-state index contributed by atoms with van der Waals surface area (Å²) >= 11 is 18.1. The van der Waals surface area contributed by atoms with Crippen LogP contribution < -0.4 is 0 Å². The molecule has 0 N–H and O–H groups in total. The second-order valence-corrected chi connectivity index (χ2v) is 6.08. The van der Waals surface area contributed by atoms with Gasteiger partial charge in [0.15, 0.2) is 0 Å². The fraction of sp³-hybridized carbons (Fsp3) is 0.235. The van der Waals surface area contributed by atoms with Crippen molar-refractivity contribution in [2.24, 2.45) is 0 Å².